The average molecular weight is 1940 g/mol. The standard InChI is InChI=1S/C28H41N2O2P.C25H35N2O2P.2C20H21N2O2P.C19H19N2O2P/c1-27(2,3)22-17-23(28(4,5)6)26(32-20-31-7)25(18-22)33-24-14-10-9-13-21(24)19-29-30-15-11-8-12-16-30;1-19-15-21(25(2,3)4)16-23(24(19)29-18-28-5)30-22-12-8-7-11-20(22)17-26-27-13-9-6-10-14-27;1-16-8-7-11-19(20(16)24-15-23-2)25-18-10-4-3-9-17(18)14-21-22-12-5-6-13-22;1-16-9-10-18(24-15-23-2)20(13-16)25-19-8-4-3-7-17(19)14-21-22-11-5-6-12-22;1-22-15-23-17-9-3-5-11-19(17)24-18-10-4-2-8-16(18)14-20-21-12-6-7-13-21/h9-10,13-14,17-19,33H,8,11-12,15-16,20H2,1-7H3;7-8,11-12,15-17,30H,6,9-10,13-14,18H2,1-5H3;2*3-14,25H,15H2,1-2H3;2-14,24H,15H2,1H3/b29-19+;26-17+;2*21-14+;20-14+. The molecule has 20 nitrogen and oxygen atoms in total. The number of hydrogen-bond donors (Lipinski definition) is 0. The van der Waals surface area contributed by atoms with Crippen molar-refractivity contribution >= 4 is 127 Å². The Hall–Kier alpha value is -11.1. The average Bonchev–Trinajstić information content (AvgIpc) is 1.01. The summed E-state index contributed by atoms with van der Waals surface area (Å²) in [6, 6.07) is 83.5. The van der Waals surface area contributed by atoms with Crippen LogP contribution in [-0.2, 0) is 39.9 Å². The first-order chi connectivity index (χ1) is 66.4. The van der Waals surface area contributed by atoms with Crippen LogP contribution in [0.2, 0.25) is 0 Å². The van der Waals surface area contributed by atoms with Gasteiger partial charge >= 0.3 is 0 Å². The van der Waals surface area contributed by atoms with Gasteiger partial charge in [-0.05, 0) is 191 Å². The van der Waals surface area contributed by atoms with Crippen LogP contribution in [0.25, 0.3) is 0 Å². The van der Waals surface area contributed by atoms with E-state index in [1.807, 2.05) is 153 Å². The van der Waals surface area contributed by atoms with Crippen molar-refractivity contribution in [1.29, 1.82) is 0 Å². The lowest BCUT2D eigenvalue weighted by molar-refractivity contribution is 0.0505. The molecule has 0 saturated carbocycles. The zero-order valence-electron chi connectivity index (χ0n) is 82.6. The molecule has 25 heteroatoms. The van der Waals surface area contributed by atoms with Gasteiger partial charge in [-0.2, -0.15) is 25.5 Å². The topological polar surface area (TPSA) is 175 Å². The number of hydrogen-bond acceptors (Lipinski definition) is 17. The van der Waals surface area contributed by atoms with Crippen molar-refractivity contribution in [2.75, 3.05) is 95.7 Å². The maximum Gasteiger partial charge on any atom is 0.188 e. The first kappa shape index (κ1) is 106. The molecule has 0 aliphatic carbocycles. The Morgan fingerprint density at radius 3 is 0.978 bits per heavy atom. The summed E-state index contributed by atoms with van der Waals surface area (Å²) >= 11 is 0. The molecule has 3 aromatic heterocycles. The van der Waals surface area contributed by atoms with Crippen LogP contribution in [-0.4, -0.2) is 151 Å². The first-order valence-electron chi connectivity index (χ1n) is 46.5. The number of methoxy groups -OCH3 is 5. The number of para-hydroxylation sites is 2. The minimum absolute atomic E-state index is 0.0429. The highest BCUT2D eigenvalue weighted by Crippen LogP contribution is 2.39. The fraction of sp³-hybridized carbons (Fsp3) is 0.312. The number of nitrogens with zero attached hydrogens (tertiary/aromatic N) is 10. The summed E-state index contributed by atoms with van der Waals surface area (Å²) in [7, 11) is 10.6. The Morgan fingerprint density at radius 2 is 0.584 bits per heavy atom. The van der Waals surface area contributed by atoms with Crippen LogP contribution in [0.5, 0.6) is 28.7 Å². The SMILES string of the molecule is COCOc1c(C)cc(C(C)(C)C)cc1Pc1ccccc1/C=N/N1CCCCC1.COCOc1c(C)cccc1Pc1ccccc1/C=N/n1cccc1.COCOc1c(Pc2ccccc2/C=N/N2CCCCC2)cc(C(C)(C)C)cc1C(C)(C)C.COCOc1ccc(C)cc1Pc1ccccc1/C=N/n1cccc1.COCOc1ccccc1Pc1ccccc1/C=N/n1cccc1. The zero-order valence-corrected chi connectivity index (χ0v) is 87.6. The predicted molar refractivity (Wildman–Crippen MR) is 583 cm³/mol. The predicted octanol–water partition coefficient (Wildman–Crippen LogP) is 20.0. The van der Waals surface area contributed by atoms with Crippen LogP contribution in [0, 0.1) is 20.8 Å². The van der Waals surface area contributed by atoms with Gasteiger partial charge in [0.15, 0.2) is 34.0 Å². The molecule has 0 amide bonds. The molecule has 720 valence electrons. The second-order valence-corrected chi connectivity index (χ2v) is 42.7. The highest BCUT2D eigenvalue weighted by molar-refractivity contribution is 7.57. The largest absolute Gasteiger partial charge is 0.467 e. The lowest BCUT2D eigenvalue weighted by atomic mass is 9.80. The van der Waals surface area contributed by atoms with E-state index in [1.165, 1.54) is 120 Å². The van der Waals surface area contributed by atoms with Crippen molar-refractivity contribution in [2.45, 2.75) is 138 Å². The normalized spacial score (nSPS) is 13.4. The molecule has 0 spiro atoms. The van der Waals surface area contributed by atoms with Crippen molar-refractivity contribution in [3.8, 4) is 28.7 Å². The van der Waals surface area contributed by atoms with Gasteiger partial charge in [0, 0.05) is 159 Å². The molecule has 2 aliphatic heterocycles. The molecule has 5 heterocycles. The van der Waals surface area contributed by atoms with Gasteiger partial charge < -0.3 is 47.4 Å². The lowest BCUT2D eigenvalue weighted by Gasteiger charge is -2.29. The van der Waals surface area contributed by atoms with Crippen LogP contribution in [0.3, 0.4) is 0 Å². The smallest absolute Gasteiger partial charge is 0.188 e. The van der Waals surface area contributed by atoms with Crippen molar-refractivity contribution in [2.24, 2.45) is 25.5 Å². The van der Waals surface area contributed by atoms with Crippen molar-refractivity contribution in [3.05, 3.63) is 341 Å². The van der Waals surface area contributed by atoms with Crippen LogP contribution in [0.4, 0.5) is 0 Å². The quantitative estimate of drug-likeness (QED) is 0.0209. The Bertz CT molecular complexity index is 5910. The third kappa shape index (κ3) is 34.5. The van der Waals surface area contributed by atoms with Crippen LogP contribution >= 0.6 is 42.9 Å². The first-order valence-corrected chi connectivity index (χ1v) is 51.5. The number of benzene rings is 10. The summed E-state index contributed by atoms with van der Waals surface area (Å²) in [4.78, 5) is 0. The van der Waals surface area contributed by atoms with Crippen LogP contribution < -0.4 is 76.7 Å². The molecule has 137 heavy (non-hydrogen) atoms. The Morgan fingerprint density at radius 1 is 0.270 bits per heavy atom. The van der Waals surface area contributed by atoms with E-state index in [1.54, 1.807) is 49.6 Å². The van der Waals surface area contributed by atoms with Crippen molar-refractivity contribution in [1.82, 2.24) is 24.0 Å². The minimum Gasteiger partial charge on any atom is -0.467 e. The van der Waals surface area contributed by atoms with E-state index < -0.39 is 0 Å². The molecule has 5 atom stereocenters. The monoisotopic (exact) mass is 1940 g/mol. The molecular formula is C112H137N10O10P5. The van der Waals surface area contributed by atoms with E-state index in [0.717, 1.165) is 88.0 Å². The summed E-state index contributed by atoms with van der Waals surface area (Å²) in [6.45, 7) is 32.1. The van der Waals surface area contributed by atoms with E-state index in [0.29, 0.717) is 42.9 Å². The summed E-state index contributed by atoms with van der Waals surface area (Å²) in [6.07, 6.45) is 28.8. The molecule has 2 fully saturated rings. The van der Waals surface area contributed by atoms with Gasteiger partial charge in [0.05, 0.1) is 31.1 Å². The van der Waals surface area contributed by atoms with Crippen molar-refractivity contribution < 1.29 is 47.4 Å². The number of piperidine rings is 2. The van der Waals surface area contributed by atoms with Gasteiger partial charge in [0.1, 0.15) is 28.7 Å². The van der Waals surface area contributed by atoms with E-state index in [4.69, 9.17) is 57.6 Å². The number of hydrazone groups is 2. The molecule has 0 N–H and O–H groups in total. The zero-order chi connectivity index (χ0) is 97.2. The summed E-state index contributed by atoms with van der Waals surface area (Å²) in [5.41, 5.74) is 13.1. The second kappa shape index (κ2) is 55.5. The fourth-order valence-electron chi connectivity index (χ4n) is 14.7. The Kier molecular flexibility index (Phi) is 43.1. The van der Waals surface area contributed by atoms with Gasteiger partial charge in [0.2, 0.25) is 0 Å². The second-order valence-electron chi connectivity index (χ2n) is 36.0. The van der Waals surface area contributed by atoms with Gasteiger partial charge in [-0.3, -0.25) is 10.0 Å². The Labute approximate surface area is 822 Å². The number of rotatable bonds is 35. The third-order valence-electron chi connectivity index (χ3n) is 22.1. The maximum absolute atomic E-state index is 6.22. The van der Waals surface area contributed by atoms with E-state index in [-0.39, 0.29) is 50.2 Å². The van der Waals surface area contributed by atoms with Gasteiger partial charge in [-0.1, -0.05) is 287 Å². The third-order valence-corrected chi connectivity index (χ3v) is 29.0. The van der Waals surface area contributed by atoms with Crippen LogP contribution in [0.15, 0.2) is 305 Å². The lowest BCUT2D eigenvalue weighted by Crippen LogP contribution is -2.25. The highest BCUT2D eigenvalue weighted by Gasteiger charge is 2.28. The molecule has 0 radical (unpaired) electrons. The van der Waals surface area contributed by atoms with Crippen molar-refractivity contribution in [3.63, 3.8) is 0 Å². The maximum atomic E-state index is 6.22. The number of ether oxygens (including phenoxy) is 10. The minimum atomic E-state index is -0.0429. The molecule has 2 aliphatic rings. The van der Waals surface area contributed by atoms with Gasteiger partial charge in [-0.25, -0.2) is 14.0 Å². The number of aryl methyl sites for hydroxylation is 3. The highest BCUT2D eigenvalue weighted by atomic mass is 31.1. The summed E-state index contributed by atoms with van der Waals surface area (Å²) in [5, 5.41) is 39.5. The van der Waals surface area contributed by atoms with Crippen LogP contribution in [0.1, 0.15) is 162 Å². The summed E-state index contributed by atoms with van der Waals surface area (Å²) in [5.74, 6) is 4.52. The molecule has 13 aromatic rings. The molecule has 2 saturated heterocycles. The van der Waals surface area contributed by atoms with E-state index in [2.05, 4.69) is 266 Å². The molecule has 15 rings (SSSR count). The number of aromatic nitrogens is 3. The Balaban J connectivity index is 0.000000165. The van der Waals surface area contributed by atoms with E-state index >= 15 is 0 Å². The molecular weight excluding hydrogens is 1800 g/mol. The van der Waals surface area contributed by atoms with Gasteiger partial charge in [-0.15, -0.1) is 0 Å². The molecule has 10 aromatic carbocycles. The molecule has 0 bridgehead atoms. The van der Waals surface area contributed by atoms with E-state index in [9.17, 15) is 0 Å². The molecule has 5 unspecified atom stereocenters. The fourth-order valence-corrected chi connectivity index (χ4v) is 21.2. The van der Waals surface area contributed by atoms with Gasteiger partial charge in [0.25, 0.3) is 0 Å². The summed E-state index contributed by atoms with van der Waals surface area (Å²) < 4.78 is 60.4.